The molecule has 4 rings (SSSR count). The molecule has 1 fully saturated rings. The number of aliphatic hydroxyl groups is 1. The molecule has 1 heterocycles. The number of rotatable bonds is 12. The number of hydrogen-bond donors (Lipinski definition) is 1. The van der Waals surface area contributed by atoms with Gasteiger partial charge >= 0.3 is 0 Å². The number of ether oxygens (including phenoxy) is 3. The second kappa shape index (κ2) is 13.3. The molecule has 0 radical (unpaired) electrons. The van der Waals surface area contributed by atoms with Gasteiger partial charge in [-0.15, -0.1) is 0 Å². The van der Waals surface area contributed by atoms with Gasteiger partial charge in [0.15, 0.2) is 6.79 Å². The molecule has 5 heteroatoms. The van der Waals surface area contributed by atoms with Gasteiger partial charge in [0, 0.05) is 13.7 Å². The third-order valence-corrected chi connectivity index (χ3v) is 6.52. The van der Waals surface area contributed by atoms with Crippen molar-refractivity contribution in [1.82, 2.24) is 4.90 Å². The zero-order valence-electron chi connectivity index (χ0n) is 21.4. The van der Waals surface area contributed by atoms with Crippen LogP contribution in [0.15, 0.2) is 78.9 Å². The lowest BCUT2D eigenvalue weighted by Crippen LogP contribution is -2.33. The summed E-state index contributed by atoms with van der Waals surface area (Å²) in [6, 6.07) is 26.9. The van der Waals surface area contributed by atoms with Gasteiger partial charge in [-0.05, 0) is 84.5 Å². The summed E-state index contributed by atoms with van der Waals surface area (Å²) in [6.07, 6.45) is 2.84. The summed E-state index contributed by atoms with van der Waals surface area (Å²) >= 11 is 0. The number of hydrogen-bond acceptors (Lipinski definition) is 5. The molecule has 1 N–H and O–H groups in total. The van der Waals surface area contributed by atoms with Crippen LogP contribution in [0.5, 0.6) is 11.5 Å². The molecule has 1 aliphatic rings. The van der Waals surface area contributed by atoms with Crippen LogP contribution in [0.25, 0.3) is 11.1 Å². The van der Waals surface area contributed by atoms with Crippen LogP contribution < -0.4 is 9.47 Å². The highest BCUT2D eigenvalue weighted by atomic mass is 16.7. The van der Waals surface area contributed by atoms with Crippen molar-refractivity contribution in [2.75, 3.05) is 40.1 Å². The first kappa shape index (κ1) is 26.0. The summed E-state index contributed by atoms with van der Waals surface area (Å²) in [4.78, 5) is 2.30. The first-order chi connectivity index (χ1) is 17.7. The number of methoxy groups -OCH3 is 1. The third-order valence-electron chi connectivity index (χ3n) is 6.52. The second-order valence-electron chi connectivity index (χ2n) is 9.15. The van der Waals surface area contributed by atoms with E-state index in [0.717, 1.165) is 42.1 Å². The van der Waals surface area contributed by atoms with Gasteiger partial charge in [0.25, 0.3) is 0 Å². The van der Waals surface area contributed by atoms with Gasteiger partial charge in [0.1, 0.15) is 24.2 Å². The smallest absolute Gasteiger partial charge is 0.188 e. The summed E-state index contributed by atoms with van der Waals surface area (Å²) in [7, 11) is 1.62. The number of allylic oxidation sites excluding steroid dienone is 1. The normalized spacial score (nSPS) is 15.4. The Morgan fingerprint density at radius 2 is 1.39 bits per heavy atom. The molecule has 3 aromatic carbocycles. The predicted molar refractivity (Wildman–Crippen MR) is 145 cm³/mol. The zero-order valence-corrected chi connectivity index (χ0v) is 21.4. The van der Waals surface area contributed by atoms with E-state index in [1.807, 2.05) is 30.3 Å². The van der Waals surface area contributed by atoms with E-state index in [0.29, 0.717) is 13.2 Å². The van der Waals surface area contributed by atoms with Crippen LogP contribution in [0, 0.1) is 0 Å². The molecule has 1 saturated heterocycles. The van der Waals surface area contributed by atoms with Crippen LogP contribution >= 0.6 is 0 Å². The molecule has 36 heavy (non-hydrogen) atoms. The fourth-order valence-electron chi connectivity index (χ4n) is 4.75. The second-order valence-corrected chi connectivity index (χ2v) is 9.15. The van der Waals surface area contributed by atoms with Crippen molar-refractivity contribution in [2.45, 2.75) is 32.3 Å². The third kappa shape index (κ3) is 6.97. The van der Waals surface area contributed by atoms with Gasteiger partial charge in [0.05, 0.1) is 0 Å². The highest BCUT2D eigenvalue weighted by molar-refractivity contribution is 5.98. The molecule has 0 aromatic heterocycles. The molecule has 1 aliphatic heterocycles. The molecule has 1 atom stereocenters. The van der Waals surface area contributed by atoms with E-state index in [2.05, 4.69) is 60.4 Å². The maximum absolute atomic E-state index is 10.4. The summed E-state index contributed by atoms with van der Waals surface area (Å²) in [5.74, 6) is 1.54. The maximum Gasteiger partial charge on any atom is 0.188 e. The Balaban J connectivity index is 1.57. The van der Waals surface area contributed by atoms with Crippen molar-refractivity contribution >= 4 is 11.1 Å². The molecular weight excluding hydrogens is 450 g/mol. The lowest BCUT2D eigenvalue weighted by Gasteiger charge is -2.20. The maximum atomic E-state index is 10.4. The monoisotopic (exact) mass is 487 g/mol. The minimum Gasteiger partial charge on any atom is -0.491 e. The SMILES string of the molecule is CC/C(=C(\c1ccc(OCOC)cc1)c1ccc(OCC(O)CN2CCCC2)cc1)c1ccccc1. The fraction of sp³-hybridized carbons (Fsp3) is 0.355. The first-order valence-electron chi connectivity index (χ1n) is 12.8. The zero-order chi connectivity index (χ0) is 25.2. The van der Waals surface area contributed by atoms with E-state index in [1.165, 1.54) is 29.6 Å². The topological polar surface area (TPSA) is 51.2 Å². The minimum atomic E-state index is -0.484. The lowest BCUT2D eigenvalue weighted by molar-refractivity contribution is 0.0511. The molecular formula is C31H37NO4. The van der Waals surface area contributed by atoms with E-state index >= 15 is 0 Å². The Labute approximate surface area is 214 Å². The van der Waals surface area contributed by atoms with Gasteiger partial charge in [-0.2, -0.15) is 0 Å². The van der Waals surface area contributed by atoms with E-state index in [4.69, 9.17) is 14.2 Å². The van der Waals surface area contributed by atoms with E-state index in [1.54, 1.807) is 7.11 Å². The van der Waals surface area contributed by atoms with Crippen LogP contribution in [0.4, 0.5) is 0 Å². The van der Waals surface area contributed by atoms with Crippen molar-refractivity contribution in [1.29, 1.82) is 0 Å². The standard InChI is InChI=1S/C31H37NO4/c1-3-30(24-9-5-4-6-10-24)31(26-13-17-29(18-14-26)36-23-34-2)25-11-15-28(16-12-25)35-22-27(33)21-32-19-7-8-20-32/h4-6,9-18,27,33H,3,7-8,19-23H2,1-2H3/b31-30+. The van der Waals surface area contributed by atoms with Gasteiger partial charge in [-0.25, -0.2) is 0 Å². The molecule has 5 nitrogen and oxygen atoms in total. The van der Waals surface area contributed by atoms with Gasteiger partial charge in [-0.3, -0.25) is 0 Å². The number of β-amino-alcohol motifs (C(OH)–C–C–N with tert-alkyl or cyclic N) is 1. The van der Waals surface area contributed by atoms with Crippen molar-refractivity contribution < 1.29 is 19.3 Å². The van der Waals surface area contributed by atoms with E-state index in [-0.39, 0.29) is 6.79 Å². The van der Waals surface area contributed by atoms with Crippen LogP contribution in [-0.2, 0) is 4.74 Å². The van der Waals surface area contributed by atoms with E-state index in [9.17, 15) is 5.11 Å². The molecule has 0 aliphatic carbocycles. The van der Waals surface area contributed by atoms with Crippen LogP contribution in [-0.4, -0.2) is 56.3 Å². The van der Waals surface area contributed by atoms with Crippen molar-refractivity contribution in [2.24, 2.45) is 0 Å². The van der Waals surface area contributed by atoms with Crippen molar-refractivity contribution in [3.8, 4) is 11.5 Å². The quantitative estimate of drug-likeness (QED) is 0.256. The van der Waals surface area contributed by atoms with Gasteiger partial charge < -0.3 is 24.2 Å². The van der Waals surface area contributed by atoms with Crippen LogP contribution in [0.1, 0.15) is 42.9 Å². The first-order valence-corrected chi connectivity index (χ1v) is 12.8. The summed E-state index contributed by atoms with van der Waals surface area (Å²) in [5, 5.41) is 10.4. The highest BCUT2D eigenvalue weighted by Crippen LogP contribution is 2.35. The molecule has 0 spiro atoms. The highest BCUT2D eigenvalue weighted by Gasteiger charge is 2.17. The Hall–Kier alpha value is -3.12. The van der Waals surface area contributed by atoms with Crippen LogP contribution in [0.3, 0.4) is 0 Å². The average molecular weight is 488 g/mol. The molecule has 0 amide bonds. The molecule has 190 valence electrons. The number of likely N-dealkylation sites (tertiary alicyclic amines) is 1. The number of nitrogens with zero attached hydrogens (tertiary/aromatic N) is 1. The molecule has 1 unspecified atom stereocenters. The molecule has 3 aromatic rings. The van der Waals surface area contributed by atoms with E-state index < -0.39 is 6.10 Å². The largest absolute Gasteiger partial charge is 0.491 e. The Morgan fingerprint density at radius 3 is 1.94 bits per heavy atom. The van der Waals surface area contributed by atoms with Crippen LogP contribution in [0.2, 0.25) is 0 Å². The minimum absolute atomic E-state index is 0.223. The van der Waals surface area contributed by atoms with Gasteiger partial charge in [0.2, 0.25) is 0 Å². The molecule has 0 saturated carbocycles. The van der Waals surface area contributed by atoms with Gasteiger partial charge in [-0.1, -0.05) is 61.5 Å². The van der Waals surface area contributed by atoms with Crippen molar-refractivity contribution in [3.05, 3.63) is 95.6 Å². The summed E-state index contributed by atoms with van der Waals surface area (Å²) < 4.78 is 16.5. The number of aliphatic hydroxyl groups excluding tert-OH is 1. The Morgan fingerprint density at radius 1 is 0.806 bits per heavy atom. The predicted octanol–water partition coefficient (Wildman–Crippen LogP) is 5.87. The van der Waals surface area contributed by atoms with Crippen molar-refractivity contribution in [3.63, 3.8) is 0 Å². The average Bonchev–Trinajstić information content (AvgIpc) is 3.43. The lowest BCUT2D eigenvalue weighted by atomic mass is 9.88. The number of benzene rings is 3. The Kier molecular flexibility index (Phi) is 9.56. The Bertz CT molecular complexity index is 1090. The summed E-state index contributed by atoms with van der Waals surface area (Å²) in [5.41, 5.74) is 5.90. The summed E-state index contributed by atoms with van der Waals surface area (Å²) in [6.45, 7) is 5.53. The molecule has 0 bridgehead atoms. The fourth-order valence-corrected chi connectivity index (χ4v) is 4.75.